The van der Waals surface area contributed by atoms with Gasteiger partial charge in [0.15, 0.2) is 5.69 Å². The van der Waals surface area contributed by atoms with Crippen molar-refractivity contribution in [2.75, 3.05) is 5.32 Å². The van der Waals surface area contributed by atoms with Gasteiger partial charge in [0.25, 0.3) is 5.91 Å². The summed E-state index contributed by atoms with van der Waals surface area (Å²) in [5.74, 6) is -0.316. The van der Waals surface area contributed by atoms with Crippen molar-refractivity contribution in [3.63, 3.8) is 0 Å². The standard InChI is InChI=1S/C11H9N5OS/c1-16-6-10(14-15-16)11(17)13-8-2-4-9(5-3-8)18-7-12/h2-6H,1H3,(H,13,17). The number of thioether (sulfide) groups is 1. The van der Waals surface area contributed by atoms with Crippen molar-refractivity contribution < 1.29 is 4.79 Å². The molecule has 1 heterocycles. The summed E-state index contributed by atoms with van der Waals surface area (Å²) in [6.45, 7) is 0. The molecule has 90 valence electrons. The lowest BCUT2D eigenvalue weighted by atomic mass is 10.3. The molecule has 0 radical (unpaired) electrons. The maximum atomic E-state index is 11.8. The van der Waals surface area contributed by atoms with E-state index in [1.807, 2.05) is 5.40 Å². The second kappa shape index (κ2) is 5.33. The van der Waals surface area contributed by atoms with Crippen LogP contribution in [-0.4, -0.2) is 20.9 Å². The Labute approximate surface area is 108 Å². The highest BCUT2D eigenvalue weighted by molar-refractivity contribution is 8.03. The lowest BCUT2D eigenvalue weighted by Crippen LogP contribution is -2.12. The number of nitrogens with zero attached hydrogens (tertiary/aromatic N) is 4. The fourth-order valence-corrected chi connectivity index (χ4v) is 1.68. The van der Waals surface area contributed by atoms with E-state index in [0.29, 0.717) is 5.69 Å². The summed E-state index contributed by atoms with van der Waals surface area (Å²) in [6.07, 6.45) is 1.54. The van der Waals surface area contributed by atoms with Gasteiger partial charge in [-0.25, -0.2) is 0 Å². The van der Waals surface area contributed by atoms with Crippen molar-refractivity contribution in [3.05, 3.63) is 36.2 Å². The molecule has 7 heteroatoms. The van der Waals surface area contributed by atoms with Gasteiger partial charge in [0.05, 0.1) is 6.20 Å². The van der Waals surface area contributed by atoms with Crippen molar-refractivity contribution in [2.24, 2.45) is 7.05 Å². The van der Waals surface area contributed by atoms with Gasteiger partial charge < -0.3 is 5.32 Å². The Morgan fingerprint density at radius 2 is 2.17 bits per heavy atom. The molecule has 0 fully saturated rings. The van der Waals surface area contributed by atoms with Crippen LogP contribution in [0.1, 0.15) is 10.5 Å². The molecule has 18 heavy (non-hydrogen) atoms. The molecule has 0 saturated heterocycles. The number of amides is 1. The quantitative estimate of drug-likeness (QED) is 0.669. The lowest BCUT2D eigenvalue weighted by Gasteiger charge is -2.02. The molecule has 1 amide bonds. The average molecular weight is 259 g/mol. The molecule has 6 nitrogen and oxygen atoms in total. The summed E-state index contributed by atoms with van der Waals surface area (Å²) < 4.78 is 1.46. The Morgan fingerprint density at radius 1 is 1.44 bits per heavy atom. The van der Waals surface area contributed by atoms with E-state index >= 15 is 0 Å². The zero-order valence-corrected chi connectivity index (χ0v) is 10.3. The smallest absolute Gasteiger partial charge is 0.277 e. The van der Waals surface area contributed by atoms with E-state index in [-0.39, 0.29) is 11.6 Å². The Morgan fingerprint density at radius 3 is 2.72 bits per heavy atom. The number of aryl methyl sites for hydroxylation is 1. The van der Waals surface area contributed by atoms with E-state index in [4.69, 9.17) is 5.26 Å². The fraction of sp³-hybridized carbons (Fsp3) is 0.0909. The van der Waals surface area contributed by atoms with Crippen LogP contribution >= 0.6 is 11.8 Å². The van der Waals surface area contributed by atoms with Gasteiger partial charge in [0.2, 0.25) is 0 Å². The number of nitrogens with one attached hydrogen (secondary N) is 1. The highest BCUT2D eigenvalue weighted by Gasteiger charge is 2.09. The number of benzene rings is 1. The summed E-state index contributed by atoms with van der Waals surface area (Å²) in [6, 6.07) is 6.99. The second-order valence-electron chi connectivity index (χ2n) is 3.45. The second-order valence-corrected chi connectivity index (χ2v) is 4.31. The summed E-state index contributed by atoms with van der Waals surface area (Å²) in [5.41, 5.74) is 0.904. The first-order valence-corrected chi connectivity index (χ1v) is 5.84. The predicted octanol–water partition coefficient (Wildman–Crippen LogP) is 1.64. The van der Waals surface area contributed by atoms with Crippen molar-refractivity contribution in [1.82, 2.24) is 15.0 Å². The minimum Gasteiger partial charge on any atom is -0.321 e. The molecular weight excluding hydrogens is 250 g/mol. The van der Waals surface area contributed by atoms with Crippen molar-refractivity contribution >= 4 is 23.4 Å². The summed E-state index contributed by atoms with van der Waals surface area (Å²) >= 11 is 1.07. The van der Waals surface area contributed by atoms with Gasteiger partial charge in [-0.1, -0.05) is 5.21 Å². The van der Waals surface area contributed by atoms with Crippen molar-refractivity contribution in [3.8, 4) is 5.40 Å². The van der Waals surface area contributed by atoms with E-state index in [1.165, 1.54) is 10.9 Å². The van der Waals surface area contributed by atoms with Gasteiger partial charge >= 0.3 is 0 Å². The Balaban J connectivity index is 2.05. The normalized spacial score (nSPS) is 9.78. The largest absolute Gasteiger partial charge is 0.321 e. The zero-order chi connectivity index (χ0) is 13.0. The molecule has 0 atom stereocenters. The average Bonchev–Trinajstić information content (AvgIpc) is 2.79. The number of thiocyanates is 1. The Bertz CT molecular complexity index is 599. The zero-order valence-electron chi connectivity index (χ0n) is 9.49. The molecule has 1 N–H and O–H groups in total. The van der Waals surface area contributed by atoms with Crippen LogP contribution in [0, 0.1) is 10.7 Å². The number of hydrogen-bond donors (Lipinski definition) is 1. The molecule has 1 aromatic heterocycles. The monoisotopic (exact) mass is 259 g/mol. The molecule has 0 saturated carbocycles. The Kier molecular flexibility index (Phi) is 3.60. The number of carbonyl (C=O) groups excluding carboxylic acids is 1. The highest BCUT2D eigenvalue weighted by Crippen LogP contribution is 2.19. The summed E-state index contributed by atoms with van der Waals surface area (Å²) in [7, 11) is 1.69. The molecule has 2 aromatic rings. The van der Waals surface area contributed by atoms with E-state index < -0.39 is 0 Å². The minimum absolute atomic E-state index is 0.257. The molecule has 0 bridgehead atoms. The van der Waals surface area contributed by atoms with Gasteiger partial charge in [-0.05, 0) is 36.0 Å². The molecule has 0 unspecified atom stereocenters. The van der Waals surface area contributed by atoms with Crippen LogP contribution in [0.5, 0.6) is 0 Å². The number of rotatable bonds is 3. The van der Waals surface area contributed by atoms with Gasteiger partial charge in [0, 0.05) is 17.6 Å². The van der Waals surface area contributed by atoms with E-state index in [1.54, 1.807) is 31.3 Å². The van der Waals surface area contributed by atoms with Crippen molar-refractivity contribution in [2.45, 2.75) is 4.90 Å². The van der Waals surface area contributed by atoms with Crippen LogP contribution in [0.15, 0.2) is 35.4 Å². The SMILES string of the molecule is Cn1cc(C(=O)Nc2ccc(SC#N)cc2)nn1. The molecule has 0 aliphatic heterocycles. The fourth-order valence-electron chi connectivity index (χ4n) is 1.31. The first-order valence-electron chi connectivity index (χ1n) is 5.03. The van der Waals surface area contributed by atoms with Crippen LogP contribution < -0.4 is 5.32 Å². The van der Waals surface area contributed by atoms with Crippen LogP contribution in [0.4, 0.5) is 5.69 Å². The van der Waals surface area contributed by atoms with Crippen molar-refractivity contribution in [1.29, 1.82) is 5.26 Å². The molecule has 0 aliphatic carbocycles. The predicted molar refractivity (Wildman–Crippen MR) is 66.9 cm³/mol. The molecule has 1 aromatic carbocycles. The van der Waals surface area contributed by atoms with E-state index in [0.717, 1.165) is 16.7 Å². The van der Waals surface area contributed by atoms with Gasteiger partial charge in [-0.2, -0.15) is 5.26 Å². The van der Waals surface area contributed by atoms with E-state index in [2.05, 4.69) is 15.6 Å². The maximum Gasteiger partial charge on any atom is 0.277 e. The Hall–Kier alpha value is -2.33. The number of carbonyl (C=O) groups is 1. The maximum absolute atomic E-state index is 11.8. The first kappa shape index (κ1) is 12.1. The molecule has 0 aliphatic rings. The molecule has 0 spiro atoms. The number of nitriles is 1. The number of hydrogen-bond acceptors (Lipinski definition) is 5. The van der Waals surface area contributed by atoms with Gasteiger partial charge in [-0.15, -0.1) is 5.10 Å². The summed E-state index contributed by atoms with van der Waals surface area (Å²) in [4.78, 5) is 12.6. The third kappa shape index (κ3) is 2.87. The lowest BCUT2D eigenvalue weighted by molar-refractivity contribution is 0.102. The number of anilines is 1. The summed E-state index contributed by atoms with van der Waals surface area (Å²) in [5, 5.41) is 20.6. The van der Waals surface area contributed by atoms with Crippen LogP contribution in [0.3, 0.4) is 0 Å². The van der Waals surface area contributed by atoms with E-state index in [9.17, 15) is 4.79 Å². The third-order valence-corrected chi connectivity index (χ3v) is 2.71. The van der Waals surface area contributed by atoms with Crippen LogP contribution in [-0.2, 0) is 7.05 Å². The number of aromatic nitrogens is 3. The molecular formula is C11H9N5OS. The third-order valence-electron chi connectivity index (χ3n) is 2.11. The van der Waals surface area contributed by atoms with Crippen LogP contribution in [0.25, 0.3) is 0 Å². The van der Waals surface area contributed by atoms with Gasteiger partial charge in [0.1, 0.15) is 5.40 Å². The topological polar surface area (TPSA) is 83.6 Å². The highest BCUT2D eigenvalue weighted by atomic mass is 32.2. The van der Waals surface area contributed by atoms with Crippen LogP contribution in [0.2, 0.25) is 0 Å². The van der Waals surface area contributed by atoms with Gasteiger partial charge in [-0.3, -0.25) is 9.48 Å². The minimum atomic E-state index is -0.316. The molecule has 2 rings (SSSR count). The first-order chi connectivity index (χ1) is 8.69.